The monoisotopic (exact) mass is 296 g/mol. The highest BCUT2D eigenvalue weighted by molar-refractivity contribution is 5.91. The number of allylic oxidation sites excluding steroid dienone is 2. The molecule has 0 bridgehead atoms. The van der Waals surface area contributed by atoms with Crippen molar-refractivity contribution in [2.24, 2.45) is 29.1 Å². The van der Waals surface area contributed by atoms with Crippen molar-refractivity contribution in [3.05, 3.63) is 30.0 Å². The summed E-state index contributed by atoms with van der Waals surface area (Å²) in [6.07, 6.45) is 17.0. The van der Waals surface area contributed by atoms with Gasteiger partial charge in [0.15, 0.2) is 5.78 Å². The lowest BCUT2D eigenvalue weighted by Crippen LogP contribution is -2.45. The SMILES string of the molecule is C=C=CC[C@@]12CCC[C@H]1[C@@H]1CCC3=CC(=O)CC[C@@H]3[C@H]1CC2. The molecule has 5 atom stereocenters. The Morgan fingerprint density at radius 2 is 2.09 bits per heavy atom. The van der Waals surface area contributed by atoms with Gasteiger partial charge in [-0.3, -0.25) is 4.79 Å². The lowest BCUT2D eigenvalue weighted by Gasteiger charge is -2.53. The number of fused-ring (bicyclic) bond motifs is 5. The maximum absolute atomic E-state index is 11.7. The smallest absolute Gasteiger partial charge is 0.155 e. The molecule has 1 nitrogen and oxygen atoms in total. The summed E-state index contributed by atoms with van der Waals surface area (Å²) in [4.78, 5) is 11.7. The first kappa shape index (κ1) is 14.5. The molecule has 4 rings (SSSR count). The molecular formula is C21H28O. The summed E-state index contributed by atoms with van der Waals surface area (Å²) in [5.74, 6) is 3.84. The summed E-state index contributed by atoms with van der Waals surface area (Å²) in [5, 5.41) is 0. The second-order valence-electron chi connectivity index (χ2n) is 8.21. The van der Waals surface area contributed by atoms with E-state index in [4.69, 9.17) is 0 Å². The van der Waals surface area contributed by atoms with Gasteiger partial charge >= 0.3 is 0 Å². The fourth-order valence-corrected chi connectivity index (χ4v) is 6.61. The lowest BCUT2D eigenvalue weighted by molar-refractivity contribution is -0.116. The molecule has 0 aromatic heterocycles. The summed E-state index contributed by atoms with van der Waals surface area (Å²) >= 11 is 0. The van der Waals surface area contributed by atoms with E-state index in [-0.39, 0.29) is 0 Å². The van der Waals surface area contributed by atoms with Crippen molar-refractivity contribution in [1.29, 1.82) is 0 Å². The Balaban J connectivity index is 1.60. The fourth-order valence-electron chi connectivity index (χ4n) is 6.61. The van der Waals surface area contributed by atoms with E-state index in [1.165, 1.54) is 56.9 Å². The van der Waals surface area contributed by atoms with Crippen LogP contribution in [0.2, 0.25) is 0 Å². The first-order valence-corrected chi connectivity index (χ1v) is 9.31. The number of rotatable bonds is 2. The Hall–Kier alpha value is -1.07. The third-order valence-corrected chi connectivity index (χ3v) is 7.48. The molecule has 0 aromatic rings. The fraction of sp³-hybridized carbons (Fsp3) is 0.714. The van der Waals surface area contributed by atoms with E-state index < -0.39 is 0 Å². The maximum Gasteiger partial charge on any atom is 0.155 e. The second kappa shape index (κ2) is 5.53. The molecule has 0 saturated heterocycles. The maximum atomic E-state index is 11.7. The van der Waals surface area contributed by atoms with Crippen molar-refractivity contribution in [2.45, 2.75) is 64.2 Å². The lowest BCUT2D eigenvalue weighted by atomic mass is 9.51. The molecular weight excluding hydrogens is 268 g/mol. The Morgan fingerprint density at radius 1 is 1.18 bits per heavy atom. The molecule has 3 fully saturated rings. The summed E-state index contributed by atoms with van der Waals surface area (Å²) in [6, 6.07) is 0. The highest BCUT2D eigenvalue weighted by Crippen LogP contribution is 2.63. The summed E-state index contributed by atoms with van der Waals surface area (Å²) < 4.78 is 0. The molecule has 3 saturated carbocycles. The Labute approximate surface area is 134 Å². The molecule has 0 spiro atoms. The number of hydrogen-bond donors (Lipinski definition) is 0. The van der Waals surface area contributed by atoms with Gasteiger partial charge in [-0.2, -0.15) is 0 Å². The minimum atomic E-state index is 0.381. The van der Waals surface area contributed by atoms with Crippen LogP contribution in [0.5, 0.6) is 0 Å². The van der Waals surface area contributed by atoms with E-state index >= 15 is 0 Å². The third kappa shape index (κ3) is 2.17. The van der Waals surface area contributed by atoms with E-state index in [1.807, 2.05) is 6.08 Å². The van der Waals surface area contributed by atoms with Gasteiger partial charge in [0, 0.05) is 6.42 Å². The van der Waals surface area contributed by atoms with Crippen LogP contribution in [0, 0.1) is 29.1 Å². The van der Waals surface area contributed by atoms with Crippen LogP contribution < -0.4 is 0 Å². The third-order valence-electron chi connectivity index (χ3n) is 7.48. The van der Waals surface area contributed by atoms with Crippen LogP contribution in [-0.4, -0.2) is 5.78 Å². The first-order valence-electron chi connectivity index (χ1n) is 9.31. The van der Waals surface area contributed by atoms with Crippen molar-refractivity contribution in [3.63, 3.8) is 0 Å². The molecule has 0 radical (unpaired) electrons. The highest BCUT2D eigenvalue weighted by atomic mass is 16.1. The summed E-state index contributed by atoms with van der Waals surface area (Å²) in [5.41, 5.74) is 5.10. The van der Waals surface area contributed by atoms with Crippen molar-refractivity contribution in [2.75, 3.05) is 0 Å². The topological polar surface area (TPSA) is 17.1 Å². The van der Waals surface area contributed by atoms with Crippen molar-refractivity contribution in [1.82, 2.24) is 0 Å². The molecule has 1 heteroatoms. The summed E-state index contributed by atoms with van der Waals surface area (Å²) in [7, 11) is 0. The van der Waals surface area contributed by atoms with Gasteiger partial charge in [0.2, 0.25) is 0 Å². The van der Waals surface area contributed by atoms with Crippen molar-refractivity contribution >= 4 is 5.78 Å². The van der Waals surface area contributed by atoms with E-state index in [1.54, 1.807) is 0 Å². The number of carbonyl (C=O) groups excluding carboxylic acids is 1. The average molecular weight is 296 g/mol. The molecule has 0 aliphatic heterocycles. The van der Waals surface area contributed by atoms with E-state index in [2.05, 4.69) is 18.4 Å². The molecule has 0 aromatic carbocycles. The zero-order chi connectivity index (χ0) is 15.2. The standard InChI is InChI=1S/C21H28O/c1-2-3-11-21-12-4-5-20(21)19-8-6-15-14-16(22)7-9-17(15)18(19)10-13-21/h3,14,17-20H,1,4-13H2/t17-,18+,19+,20-,21-/m0/s1. The van der Waals surface area contributed by atoms with Gasteiger partial charge in [-0.25, -0.2) is 0 Å². The Bertz CT molecular complexity index is 550. The Morgan fingerprint density at radius 3 is 2.95 bits per heavy atom. The predicted molar refractivity (Wildman–Crippen MR) is 89.4 cm³/mol. The van der Waals surface area contributed by atoms with Crippen molar-refractivity contribution in [3.8, 4) is 0 Å². The highest BCUT2D eigenvalue weighted by Gasteiger charge is 2.53. The number of ketones is 1. The van der Waals surface area contributed by atoms with Crippen LogP contribution in [0.4, 0.5) is 0 Å². The minimum absolute atomic E-state index is 0.381. The van der Waals surface area contributed by atoms with Gasteiger partial charge in [-0.05, 0) is 92.6 Å². The first-order chi connectivity index (χ1) is 10.7. The normalized spacial score (nSPS) is 43.5. The van der Waals surface area contributed by atoms with Gasteiger partial charge in [0.05, 0.1) is 0 Å². The van der Waals surface area contributed by atoms with Crippen LogP contribution in [0.25, 0.3) is 0 Å². The van der Waals surface area contributed by atoms with Gasteiger partial charge in [0.1, 0.15) is 0 Å². The van der Waals surface area contributed by atoms with Crippen LogP contribution in [0.1, 0.15) is 64.2 Å². The number of carbonyl (C=O) groups is 1. The van der Waals surface area contributed by atoms with E-state index in [9.17, 15) is 4.79 Å². The van der Waals surface area contributed by atoms with Gasteiger partial charge in [0.25, 0.3) is 0 Å². The largest absolute Gasteiger partial charge is 0.295 e. The Kier molecular flexibility index (Phi) is 3.65. The van der Waals surface area contributed by atoms with E-state index in [0.717, 1.165) is 36.5 Å². The van der Waals surface area contributed by atoms with Gasteiger partial charge in [-0.15, -0.1) is 5.73 Å². The van der Waals surface area contributed by atoms with Crippen LogP contribution in [0.3, 0.4) is 0 Å². The molecule has 0 amide bonds. The van der Waals surface area contributed by atoms with Crippen LogP contribution in [-0.2, 0) is 4.79 Å². The predicted octanol–water partition coefficient (Wildman–Crippen LogP) is 5.23. The molecule has 4 aliphatic rings. The molecule has 4 aliphatic carbocycles. The zero-order valence-corrected chi connectivity index (χ0v) is 13.7. The molecule has 22 heavy (non-hydrogen) atoms. The summed E-state index contributed by atoms with van der Waals surface area (Å²) in [6.45, 7) is 3.78. The number of hydrogen-bond acceptors (Lipinski definition) is 1. The quantitative estimate of drug-likeness (QED) is 0.638. The molecule has 0 N–H and O–H groups in total. The molecule has 118 valence electrons. The van der Waals surface area contributed by atoms with E-state index in [0.29, 0.717) is 11.2 Å². The molecule has 0 heterocycles. The zero-order valence-electron chi connectivity index (χ0n) is 13.7. The van der Waals surface area contributed by atoms with Crippen LogP contribution in [0.15, 0.2) is 30.0 Å². The minimum Gasteiger partial charge on any atom is -0.295 e. The average Bonchev–Trinajstić information content (AvgIpc) is 2.96. The second-order valence-corrected chi connectivity index (χ2v) is 8.21. The molecule has 0 unspecified atom stereocenters. The van der Waals surface area contributed by atoms with Crippen molar-refractivity contribution < 1.29 is 4.79 Å². The van der Waals surface area contributed by atoms with Gasteiger partial charge < -0.3 is 0 Å². The van der Waals surface area contributed by atoms with Gasteiger partial charge in [-0.1, -0.05) is 18.6 Å². The van der Waals surface area contributed by atoms with Crippen LogP contribution >= 0.6 is 0 Å².